The van der Waals surface area contributed by atoms with Gasteiger partial charge in [-0.2, -0.15) is 0 Å². The first kappa shape index (κ1) is 13.5. The summed E-state index contributed by atoms with van der Waals surface area (Å²) in [7, 11) is 1.90. The lowest BCUT2D eigenvalue weighted by Crippen LogP contribution is -2.34. The summed E-state index contributed by atoms with van der Waals surface area (Å²) in [5, 5.41) is 5.84. The second-order valence-corrected chi connectivity index (χ2v) is 4.19. The van der Waals surface area contributed by atoms with Crippen molar-refractivity contribution in [3.05, 3.63) is 29.8 Å². The van der Waals surface area contributed by atoms with E-state index in [1.54, 1.807) is 0 Å². The van der Waals surface area contributed by atoms with Gasteiger partial charge in [-0.05, 0) is 38.6 Å². The molecule has 1 amide bonds. The van der Waals surface area contributed by atoms with Crippen LogP contribution in [0.3, 0.4) is 0 Å². The SMILES string of the molecule is CNCc1ccc(OCC(=O)NC(C)C)cc1. The van der Waals surface area contributed by atoms with Crippen molar-refractivity contribution in [1.29, 1.82) is 0 Å². The molecule has 0 unspecified atom stereocenters. The zero-order valence-corrected chi connectivity index (χ0v) is 10.6. The van der Waals surface area contributed by atoms with E-state index in [1.807, 2.05) is 45.2 Å². The van der Waals surface area contributed by atoms with Gasteiger partial charge in [0.2, 0.25) is 0 Å². The van der Waals surface area contributed by atoms with Crippen LogP contribution in [0.1, 0.15) is 19.4 Å². The predicted molar refractivity (Wildman–Crippen MR) is 68.0 cm³/mol. The second kappa shape index (κ2) is 6.91. The maximum Gasteiger partial charge on any atom is 0.258 e. The van der Waals surface area contributed by atoms with E-state index in [9.17, 15) is 4.79 Å². The highest BCUT2D eigenvalue weighted by Crippen LogP contribution is 2.11. The van der Waals surface area contributed by atoms with Crippen LogP contribution in [-0.4, -0.2) is 25.6 Å². The Morgan fingerprint density at radius 2 is 1.94 bits per heavy atom. The second-order valence-electron chi connectivity index (χ2n) is 4.19. The molecular formula is C13H20N2O2. The van der Waals surface area contributed by atoms with Crippen LogP contribution in [-0.2, 0) is 11.3 Å². The fraction of sp³-hybridized carbons (Fsp3) is 0.462. The molecule has 0 aliphatic heterocycles. The van der Waals surface area contributed by atoms with E-state index >= 15 is 0 Å². The van der Waals surface area contributed by atoms with Crippen molar-refractivity contribution in [2.45, 2.75) is 26.4 Å². The number of carbonyl (C=O) groups excluding carboxylic acids is 1. The van der Waals surface area contributed by atoms with E-state index < -0.39 is 0 Å². The Morgan fingerprint density at radius 3 is 2.47 bits per heavy atom. The molecule has 0 radical (unpaired) electrons. The van der Waals surface area contributed by atoms with Gasteiger partial charge in [0.05, 0.1) is 0 Å². The number of amides is 1. The first-order valence-electron chi connectivity index (χ1n) is 5.77. The van der Waals surface area contributed by atoms with Crippen molar-refractivity contribution in [2.24, 2.45) is 0 Å². The molecule has 0 atom stereocenters. The van der Waals surface area contributed by atoms with Crippen molar-refractivity contribution in [3.8, 4) is 5.75 Å². The van der Waals surface area contributed by atoms with Gasteiger partial charge in [0.15, 0.2) is 6.61 Å². The molecule has 0 bridgehead atoms. The molecule has 0 aromatic heterocycles. The Hall–Kier alpha value is -1.55. The van der Waals surface area contributed by atoms with E-state index in [0.29, 0.717) is 5.75 Å². The number of carbonyl (C=O) groups is 1. The van der Waals surface area contributed by atoms with Gasteiger partial charge in [0.25, 0.3) is 5.91 Å². The minimum atomic E-state index is -0.0979. The van der Waals surface area contributed by atoms with E-state index in [2.05, 4.69) is 10.6 Å². The van der Waals surface area contributed by atoms with Gasteiger partial charge in [0, 0.05) is 12.6 Å². The topological polar surface area (TPSA) is 50.4 Å². The molecule has 1 aromatic carbocycles. The average Bonchev–Trinajstić information content (AvgIpc) is 2.28. The van der Waals surface area contributed by atoms with Crippen LogP contribution in [0.5, 0.6) is 5.75 Å². The Labute approximate surface area is 102 Å². The van der Waals surface area contributed by atoms with Crippen molar-refractivity contribution in [1.82, 2.24) is 10.6 Å². The van der Waals surface area contributed by atoms with Gasteiger partial charge >= 0.3 is 0 Å². The summed E-state index contributed by atoms with van der Waals surface area (Å²) in [6.07, 6.45) is 0. The molecule has 0 saturated carbocycles. The monoisotopic (exact) mass is 236 g/mol. The highest BCUT2D eigenvalue weighted by molar-refractivity contribution is 5.77. The fourth-order valence-electron chi connectivity index (χ4n) is 1.42. The number of rotatable bonds is 6. The van der Waals surface area contributed by atoms with Gasteiger partial charge in [0.1, 0.15) is 5.75 Å². The van der Waals surface area contributed by atoms with Gasteiger partial charge in [-0.3, -0.25) is 4.79 Å². The average molecular weight is 236 g/mol. The van der Waals surface area contributed by atoms with E-state index in [0.717, 1.165) is 6.54 Å². The molecule has 4 heteroatoms. The molecular weight excluding hydrogens is 216 g/mol. The van der Waals surface area contributed by atoms with Crippen LogP contribution in [0, 0.1) is 0 Å². The number of hydrogen-bond donors (Lipinski definition) is 2. The molecule has 0 spiro atoms. The molecule has 1 aromatic rings. The smallest absolute Gasteiger partial charge is 0.258 e. The predicted octanol–water partition coefficient (Wildman–Crippen LogP) is 1.31. The lowest BCUT2D eigenvalue weighted by Gasteiger charge is -2.10. The van der Waals surface area contributed by atoms with Gasteiger partial charge in [-0.1, -0.05) is 12.1 Å². The molecule has 94 valence electrons. The number of benzene rings is 1. The molecule has 0 fully saturated rings. The summed E-state index contributed by atoms with van der Waals surface area (Å²) < 4.78 is 5.37. The van der Waals surface area contributed by atoms with Crippen molar-refractivity contribution >= 4 is 5.91 Å². The van der Waals surface area contributed by atoms with Gasteiger partial charge < -0.3 is 15.4 Å². The standard InChI is InChI=1S/C13H20N2O2/c1-10(2)15-13(16)9-17-12-6-4-11(5-7-12)8-14-3/h4-7,10,14H,8-9H2,1-3H3,(H,15,16). The van der Waals surface area contributed by atoms with Crippen molar-refractivity contribution in [3.63, 3.8) is 0 Å². The zero-order valence-electron chi connectivity index (χ0n) is 10.6. The molecule has 0 aliphatic carbocycles. The quantitative estimate of drug-likeness (QED) is 0.783. The summed E-state index contributed by atoms with van der Waals surface area (Å²) in [5.74, 6) is 0.614. The molecule has 0 heterocycles. The molecule has 0 aliphatic rings. The first-order chi connectivity index (χ1) is 8.11. The fourth-order valence-corrected chi connectivity index (χ4v) is 1.42. The first-order valence-corrected chi connectivity index (χ1v) is 5.77. The van der Waals surface area contributed by atoms with Crippen molar-refractivity contribution < 1.29 is 9.53 Å². The van der Waals surface area contributed by atoms with E-state index in [-0.39, 0.29) is 18.6 Å². The summed E-state index contributed by atoms with van der Waals surface area (Å²) in [6, 6.07) is 7.84. The molecule has 0 saturated heterocycles. The normalized spacial score (nSPS) is 10.4. The van der Waals surface area contributed by atoms with Crippen LogP contribution >= 0.6 is 0 Å². The van der Waals surface area contributed by atoms with Crippen LogP contribution in [0.15, 0.2) is 24.3 Å². The highest BCUT2D eigenvalue weighted by atomic mass is 16.5. The van der Waals surface area contributed by atoms with Gasteiger partial charge in [-0.25, -0.2) is 0 Å². The Morgan fingerprint density at radius 1 is 1.29 bits per heavy atom. The third-order valence-corrected chi connectivity index (χ3v) is 2.12. The third-order valence-electron chi connectivity index (χ3n) is 2.12. The molecule has 1 rings (SSSR count). The zero-order chi connectivity index (χ0) is 12.7. The minimum Gasteiger partial charge on any atom is -0.484 e. The largest absolute Gasteiger partial charge is 0.484 e. The van der Waals surface area contributed by atoms with E-state index in [1.165, 1.54) is 5.56 Å². The van der Waals surface area contributed by atoms with Crippen LogP contribution in [0.4, 0.5) is 0 Å². The third kappa shape index (κ3) is 5.36. The maximum atomic E-state index is 11.4. The summed E-state index contributed by atoms with van der Waals surface area (Å²) in [6.45, 7) is 4.73. The van der Waals surface area contributed by atoms with E-state index in [4.69, 9.17) is 4.74 Å². The number of nitrogens with one attached hydrogen (secondary N) is 2. The molecule has 17 heavy (non-hydrogen) atoms. The molecule has 2 N–H and O–H groups in total. The van der Waals surface area contributed by atoms with Crippen LogP contribution < -0.4 is 15.4 Å². The lowest BCUT2D eigenvalue weighted by atomic mass is 10.2. The number of ether oxygens (including phenoxy) is 1. The Balaban J connectivity index is 2.39. The van der Waals surface area contributed by atoms with Crippen LogP contribution in [0.25, 0.3) is 0 Å². The number of hydrogen-bond acceptors (Lipinski definition) is 3. The summed E-state index contributed by atoms with van der Waals surface area (Å²) >= 11 is 0. The summed E-state index contributed by atoms with van der Waals surface area (Å²) in [5.41, 5.74) is 1.19. The molecule has 4 nitrogen and oxygen atoms in total. The summed E-state index contributed by atoms with van der Waals surface area (Å²) in [4.78, 5) is 11.4. The van der Waals surface area contributed by atoms with Gasteiger partial charge in [-0.15, -0.1) is 0 Å². The maximum absolute atomic E-state index is 11.4. The minimum absolute atomic E-state index is 0.0591. The van der Waals surface area contributed by atoms with Crippen LogP contribution in [0.2, 0.25) is 0 Å². The van der Waals surface area contributed by atoms with Crippen molar-refractivity contribution in [2.75, 3.05) is 13.7 Å². The lowest BCUT2D eigenvalue weighted by molar-refractivity contribution is -0.123. The Bertz CT molecular complexity index is 347. The Kier molecular flexibility index (Phi) is 5.49. The highest BCUT2D eigenvalue weighted by Gasteiger charge is 2.03.